The van der Waals surface area contributed by atoms with Crippen LogP contribution in [0.2, 0.25) is 0 Å². The van der Waals surface area contributed by atoms with Gasteiger partial charge in [-0.25, -0.2) is 0 Å². The summed E-state index contributed by atoms with van der Waals surface area (Å²) in [6.07, 6.45) is 0.439. The highest BCUT2D eigenvalue weighted by Gasteiger charge is 2.16. The molecule has 0 aliphatic carbocycles. The zero-order chi connectivity index (χ0) is 14.4. The SMILES string of the molecule is CCC(CC(=O)O)NC(=O)c1ccc(NC(C)=O)s1. The Morgan fingerprint density at radius 3 is 2.58 bits per heavy atom. The maximum Gasteiger partial charge on any atom is 0.305 e. The molecule has 6 nitrogen and oxygen atoms in total. The molecule has 1 unspecified atom stereocenters. The first kappa shape index (κ1) is 15.2. The fourth-order valence-corrected chi connectivity index (χ4v) is 2.32. The molecule has 0 aliphatic heterocycles. The van der Waals surface area contributed by atoms with Gasteiger partial charge in [0.2, 0.25) is 5.91 Å². The van der Waals surface area contributed by atoms with E-state index in [9.17, 15) is 14.4 Å². The Labute approximate surface area is 114 Å². The molecule has 1 heterocycles. The van der Waals surface area contributed by atoms with Crippen molar-refractivity contribution in [2.24, 2.45) is 0 Å². The third-order valence-electron chi connectivity index (χ3n) is 2.38. The Morgan fingerprint density at radius 2 is 2.05 bits per heavy atom. The summed E-state index contributed by atoms with van der Waals surface area (Å²) < 4.78 is 0. The minimum Gasteiger partial charge on any atom is -0.481 e. The zero-order valence-electron chi connectivity index (χ0n) is 10.7. The highest BCUT2D eigenvalue weighted by atomic mass is 32.1. The molecule has 1 aromatic rings. The minimum atomic E-state index is -0.947. The van der Waals surface area contributed by atoms with Crippen molar-refractivity contribution in [3.05, 3.63) is 17.0 Å². The van der Waals surface area contributed by atoms with E-state index in [4.69, 9.17) is 5.11 Å². The monoisotopic (exact) mass is 284 g/mol. The van der Waals surface area contributed by atoms with Crippen molar-refractivity contribution in [2.45, 2.75) is 32.7 Å². The van der Waals surface area contributed by atoms with Gasteiger partial charge >= 0.3 is 5.97 Å². The largest absolute Gasteiger partial charge is 0.481 e. The second-order valence-electron chi connectivity index (χ2n) is 4.02. The lowest BCUT2D eigenvalue weighted by atomic mass is 10.1. The van der Waals surface area contributed by atoms with E-state index in [2.05, 4.69) is 10.6 Å². The van der Waals surface area contributed by atoms with Crippen molar-refractivity contribution >= 4 is 34.1 Å². The third-order valence-corrected chi connectivity index (χ3v) is 3.38. The maximum absolute atomic E-state index is 11.9. The Kier molecular flexibility index (Phi) is 5.50. The van der Waals surface area contributed by atoms with Crippen molar-refractivity contribution < 1.29 is 19.5 Å². The molecule has 7 heteroatoms. The van der Waals surface area contributed by atoms with E-state index in [0.717, 1.165) is 11.3 Å². The molecule has 104 valence electrons. The van der Waals surface area contributed by atoms with Crippen LogP contribution in [-0.4, -0.2) is 28.9 Å². The summed E-state index contributed by atoms with van der Waals surface area (Å²) in [6.45, 7) is 3.20. The molecule has 0 spiro atoms. The molecule has 3 N–H and O–H groups in total. The molecular weight excluding hydrogens is 268 g/mol. The van der Waals surface area contributed by atoms with Gasteiger partial charge in [0.25, 0.3) is 5.91 Å². The average molecular weight is 284 g/mol. The van der Waals surface area contributed by atoms with Crippen LogP contribution in [-0.2, 0) is 9.59 Å². The van der Waals surface area contributed by atoms with Gasteiger partial charge in [0.15, 0.2) is 0 Å². The van der Waals surface area contributed by atoms with Crippen LogP contribution in [0.25, 0.3) is 0 Å². The topological polar surface area (TPSA) is 95.5 Å². The number of amides is 2. The second-order valence-corrected chi connectivity index (χ2v) is 5.11. The summed E-state index contributed by atoms with van der Waals surface area (Å²) in [7, 11) is 0. The first-order valence-electron chi connectivity index (χ1n) is 5.82. The lowest BCUT2D eigenvalue weighted by molar-refractivity contribution is -0.137. The van der Waals surface area contributed by atoms with Crippen molar-refractivity contribution in [3.8, 4) is 0 Å². The Hall–Kier alpha value is -1.89. The second kappa shape index (κ2) is 6.89. The summed E-state index contributed by atoms with van der Waals surface area (Å²) >= 11 is 1.15. The summed E-state index contributed by atoms with van der Waals surface area (Å²) in [6, 6.07) is 2.84. The summed E-state index contributed by atoms with van der Waals surface area (Å²) in [4.78, 5) is 33.8. The number of anilines is 1. The van der Waals surface area contributed by atoms with Crippen molar-refractivity contribution in [1.29, 1.82) is 0 Å². The lowest BCUT2D eigenvalue weighted by Crippen LogP contribution is -2.35. The molecule has 1 aromatic heterocycles. The van der Waals surface area contributed by atoms with Crippen molar-refractivity contribution in [3.63, 3.8) is 0 Å². The number of thiophene rings is 1. The van der Waals surface area contributed by atoms with Crippen molar-refractivity contribution in [2.75, 3.05) is 5.32 Å². The first-order valence-corrected chi connectivity index (χ1v) is 6.64. The molecule has 2 amide bonds. The van der Waals surface area contributed by atoms with Gasteiger partial charge in [-0.15, -0.1) is 11.3 Å². The highest BCUT2D eigenvalue weighted by molar-refractivity contribution is 7.18. The number of nitrogens with one attached hydrogen (secondary N) is 2. The molecule has 0 fully saturated rings. The van der Waals surface area contributed by atoms with Gasteiger partial charge in [0.1, 0.15) is 0 Å². The Balaban J connectivity index is 2.64. The zero-order valence-corrected chi connectivity index (χ0v) is 11.5. The van der Waals surface area contributed by atoms with E-state index >= 15 is 0 Å². The van der Waals surface area contributed by atoms with Crippen LogP contribution < -0.4 is 10.6 Å². The lowest BCUT2D eigenvalue weighted by Gasteiger charge is -2.13. The van der Waals surface area contributed by atoms with Gasteiger partial charge in [-0.05, 0) is 18.6 Å². The van der Waals surface area contributed by atoms with Crippen LogP contribution in [0.4, 0.5) is 5.00 Å². The number of carbonyl (C=O) groups excluding carboxylic acids is 2. The summed E-state index contributed by atoms with van der Waals surface area (Å²) in [5, 5.41) is 14.5. The molecule has 0 saturated heterocycles. The number of carboxylic acid groups (broad SMARTS) is 1. The maximum atomic E-state index is 11.9. The van der Waals surface area contributed by atoms with Gasteiger partial charge in [-0.2, -0.15) is 0 Å². The van der Waals surface area contributed by atoms with Crippen LogP contribution >= 0.6 is 11.3 Å². The number of hydrogen-bond donors (Lipinski definition) is 3. The van der Waals surface area contributed by atoms with Gasteiger partial charge in [-0.3, -0.25) is 14.4 Å². The van der Waals surface area contributed by atoms with E-state index < -0.39 is 12.0 Å². The van der Waals surface area contributed by atoms with Crippen molar-refractivity contribution in [1.82, 2.24) is 5.32 Å². The van der Waals surface area contributed by atoms with E-state index in [1.54, 1.807) is 12.1 Å². The third kappa shape index (κ3) is 5.09. The van der Waals surface area contributed by atoms with Gasteiger partial charge in [-0.1, -0.05) is 6.92 Å². The van der Waals surface area contributed by atoms with Gasteiger partial charge in [0.05, 0.1) is 16.3 Å². The minimum absolute atomic E-state index is 0.105. The fourth-order valence-electron chi connectivity index (χ4n) is 1.47. The average Bonchev–Trinajstić information content (AvgIpc) is 2.75. The van der Waals surface area contributed by atoms with E-state index in [-0.39, 0.29) is 18.2 Å². The quantitative estimate of drug-likeness (QED) is 0.740. The van der Waals surface area contributed by atoms with Crippen LogP contribution in [0.15, 0.2) is 12.1 Å². The number of carboxylic acids is 1. The van der Waals surface area contributed by atoms with Crippen LogP contribution in [0, 0.1) is 0 Å². The Bertz CT molecular complexity index is 484. The Morgan fingerprint density at radius 1 is 1.37 bits per heavy atom. The smallest absolute Gasteiger partial charge is 0.305 e. The van der Waals surface area contributed by atoms with E-state index in [0.29, 0.717) is 16.3 Å². The van der Waals surface area contributed by atoms with Crippen LogP contribution in [0.1, 0.15) is 36.4 Å². The molecule has 0 saturated carbocycles. The molecular formula is C12H16N2O4S. The summed E-state index contributed by atoms with van der Waals surface area (Å²) in [5.74, 6) is -1.47. The van der Waals surface area contributed by atoms with Crippen LogP contribution in [0.3, 0.4) is 0 Å². The molecule has 0 bridgehead atoms. The predicted octanol–water partition coefficient (Wildman–Crippen LogP) is 1.69. The molecule has 0 aromatic carbocycles. The predicted molar refractivity (Wildman–Crippen MR) is 72.4 cm³/mol. The summed E-state index contributed by atoms with van der Waals surface area (Å²) in [5.41, 5.74) is 0. The first-order chi connectivity index (χ1) is 8.92. The molecule has 1 atom stereocenters. The molecule has 0 aliphatic rings. The number of rotatable bonds is 6. The highest BCUT2D eigenvalue weighted by Crippen LogP contribution is 2.21. The van der Waals surface area contributed by atoms with E-state index in [1.807, 2.05) is 6.92 Å². The molecule has 0 radical (unpaired) electrons. The standard InChI is InChI=1S/C12H16N2O4S/c1-3-8(6-11(16)17)14-12(18)9-4-5-10(19-9)13-7(2)15/h4-5,8H,3,6H2,1-2H3,(H,13,15)(H,14,18)(H,16,17). The fraction of sp³-hybridized carbons (Fsp3) is 0.417. The number of carbonyl (C=O) groups is 3. The molecule has 1 rings (SSSR count). The van der Waals surface area contributed by atoms with Gasteiger partial charge < -0.3 is 15.7 Å². The van der Waals surface area contributed by atoms with Crippen LogP contribution in [0.5, 0.6) is 0 Å². The number of hydrogen-bond acceptors (Lipinski definition) is 4. The number of aliphatic carboxylic acids is 1. The van der Waals surface area contributed by atoms with Gasteiger partial charge in [0, 0.05) is 13.0 Å². The normalized spacial score (nSPS) is 11.7. The van der Waals surface area contributed by atoms with E-state index in [1.165, 1.54) is 6.92 Å². The molecule has 19 heavy (non-hydrogen) atoms.